The number of rotatable bonds is 8. The second-order valence-corrected chi connectivity index (χ2v) is 18.8. The summed E-state index contributed by atoms with van der Waals surface area (Å²) in [7, 11) is 1.73. The van der Waals surface area contributed by atoms with E-state index in [1.165, 1.54) is 14.6 Å². The average molecular weight is 810 g/mol. The number of benzene rings is 1. The fourth-order valence-corrected chi connectivity index (χ4v) is 10.4. The van der Waals surface area contributed by atoms with E-state index in [0.717, 1.165) is 81.3 Å². The number of aliphatic hydroxyl groups excluding tert-OH is 1. The largest absolute Gasteiger partial charge is 0.496 e. The Hall–Kier alpha value is -3.32. The van der Waals surface area contributed by atoms with E-state index in [1.54, 1.807) is 12.0 Å². The van der Waals surface area contributed by atoms with Crippen molar-refractivity contribution in [1.82, 2.24) is 19.7 Å². The average Bonchev–Trinajstić information content (AvgIpc) is 3.64. The molecule has 0 atom stereocenters. The highest BCUT2D eigenvalue weighted by atomic mass is 127. The Balaban J connectivity index is 1.10. The number of ether oxygens (including phenoxy) is 1. The lowest BCUT2D eigenvalue weighted by Crippen LogP contribution is -2.53. The molecule has 3 heterocycles. The Morgan fingerprint density at radius 3 is 2.33 bits per heavy atom. The zero-order valence-electron chi connectivity index (χ0n) is 30.7. The Morgan fingerprint density at radius 2 is 1.73 bits per heavy atom. The van der Waals surface area contributed by atoms with Gasteiger partial charge in [-0.05, 0) is 115 Å². The van der Waals surface area contributed by atoms with Gasteiger partial charge in [-0.3, -0.25) is 9.69 Å². The first-order valence-electron chi connectivity index (χ1n) is 18.5. The number of methoxy groups -OCH3 is 1. The van der Waals surface area contributed by atoms with E-state index in [0.29, 0.717) is 25.5 Å². The maximum atomic E-state index is 14.7. The van der Waals surface area contributed by atoms with Crippen LogP contribution in [0.4, 0.5) is 10.6 Å². The van der Waals surface area contributed by atoms with E-state index in [4.69, 9.17) is 17.9 Å². The van der Waals surface area contributed by atoms with Crippen molar-refractivity contribution in [2.75, 3.05) is 31.6 Å². The Bertz CT molecular complexity index is 1770. The molecule has 10 nitrogen and oxygen atoms in total. The number of aromatic nitrogens is 3. The molecule has 1 saturated heterocycles. The fraction of sp³-hybridized carbons (Fsp3) is 0.575. The zero-order chi connectivity index (χ0) is 36.0. The molecule has 0 radical (unpaired) electrons. The van der Waals surface area contributed by atoms with Crippen molar-refractivity contribution in [3.63, 3.8) is 0 Å². The van der Waals surface area contributed by atoms with E-state index in [-0.39, 0.29) is 34.2 Å². The summed E-state index contributed by atoms with van der Waals surface area (Å²) in [6.45, 7) is 9.98. The van der Waals surface area contributed by atoms with Crippen molar-refractivity contribution in [3.05, 3.63) is 65.6 Å². The quantitative estimate of drug-likeness (QED) is 0.234. The van der Waals surface area contributed by atoms with Gasteiger partial charge in [-0.25, -0.2) is 14.5 Å². The summed E-state index contributed by atoms with van der Waals surface area (Å²) in [5, 5.41) is 14.4. The molecule has 1 aromatic carbocycles. The summed E-state index contributed by atoms with van der Waals surface area (Å²) in [6.07, 6.45) is 12.8. The van der Waals surface area contributed by atoms with Crippen molar-refractivity contribution in [2.24, 2.45) is 11.3 Å². The number of β-amino-alcohol motifs (C(OH)–C–C–N with tert-alkyl or cyclic N) is 1. The number of fused-ring (bicyclic) bond motifs is 3. The molecular weight excluding hydrogens is 757 g/mol. The molecule has 0 spiro atoms. The number of pyridine rings is 1. The molecule has 1 N–H and O–H groups in total. The summed E-state index contributed by atoms with van der Waals surface area (Å²) in [5.74, 6) is 1.68. The third-order valence-corrected chi connectivity index (χ3v) is 14.3. The summed E-state index contributed by atoms with van der Waals surface area (Å²) < 4.78 is 14.4. The van der Waals surface area contributed by atoms with Gasteiger partial charge in [-0.15, -0.1) is 0 Å². The molecule has 2 aromatic heterocycles. The van der Waals surface area contributed by atoms with Gasteiger partial charge in [0.2, 0.25) is 5.91 Å². The number of likely N-dealkylation sites (tertiary alicyclic amines) is 1. The van der Waals surface area contributed by atoms with Crippen LogP contribution in [0.5, 0.6) is 5.75 Å². The van der Waals surface area contributed by atoms with Gasteiger partial charge in [0.05, 0.1) is 37.7 Å². The molecule has 11 heteroatoms. The smallest absolute Gasteiger partial charge is 0.418 e. The van der Waals surface area contributed by atoms with Gasteiger partial charge < -0.3 is 17.8 Å². The first-order chi connectivity index (χ1) is 24.4. The van der Waals surface area contributed by atoms with Crippen molar-refractivity contribution in [3.8, 4) is 11.4 Å². The fourth-order valence-electron chi connectivity index (χ4n) is 8.53. The minimum Gasteiger partial charge on any atom is -0.496 e. The van der Waals surface area contributed by atoms with Gasteiger partial charge in [0, 0.05) is 36.3 Å². The molecule has 3 aromatic rings. The highest BCUT2D eigenvalue weighted by Gasteiger charge is 2.51. The molecule has 8 rings (SSSR count). The van der Waals surface area contributed by atoms with Gasteiger partial charge in [0.15, 0.2) is 0 Å². The van der Waals surface area contributed by atoms with Crippen LogP contribution in [0.15, 0.2) is 48.8 Å². The van der Waals surface area contributed by atoms with Crippen LogP contribution in [-0.2, 0) is 18.7 Å². The van der Waals surface area contributed by atoms with Crippen molar-refractivity contribution >= 4 is 42.5 Å². The van der Waals surface area contributed by atoms with Crippen LogP contribution in [0.1, 0.15) is 102 Å². The molecule has 4 aliphatic carbocycles. The summed E-state index contributed by atoms with van der Waals surface area (Å²) in [6, 6.07) is 12.8. The number of carbonyl (C=O) groups excluding carboxylic acids is 2. The molecule has 274 valence electrons. The number of amides is 2. The molecule has 5 fully saturated rings. The van der Waals surface area contributed by atoms with E-state index in [2.05, 4.69) is 52.0 Å². The second-order valence-electron chi connectivity index (χ2n) is 16.4. The minimum absolute atomic E-state index is 0.0534. The maximum absolute atomic E-state index is 14.7. The van der Waals surface area contributed by atoms with Gasteiger partial charge in [-0.1, -0.05) is 32.9 Å². The SMILES string of the molecule is COc1ccc(C23CCC(CN(C(=O)C4CCC(=IOC(=O)N5CC(O)C5)CC4)c4cc(-n5ccc(C(C)(C)C)n5)ccn4)(CC2)CC3)cc1C. The van der Waals surface area contributed by atoms with Crippen LogP contribution >= 0.6 is 21.1 Å². The minimum atomic E-state index is -0.854. The second kappa shape index (κ2) is 14.2. The number of hydrogen-bond donors (Lipinski definition) is 1. The standard InChI is InChI=1S/C40H52IN5O5/c1-27-22-29(8-11-33(27)50-5)40-17-14-39(15-18-40,16-19-40)26-45(35-23-31(12-20-42-35)46-21-13-34(43-46)38(2,3)4)36(48)28-6-9-30(10-7-28)41-51-37(49)44-24-32(47)25-44/h8,11-13,20-23,28,32,47H,6-7,9-10,14-19,24-26H2,1-5H3. The third-order valence-electron chi connectivity index (χ3n) is 12.0. The van der Waals surface area contributed by atoms with Crippen molar-refractivity contribution < 1.29 is 22.5 Å². The van der Waals surface area contributed by atoms with Crippen LogP contribution in [-0.4, -0.2) is 73.1 Å². The molecule has 4 saturated carbocycles. The van der Waals surface area contributed by atoms with Crippen LogP contribution in [0.3, 0.4) is 0 Å². The molecule has 0 unspecified atom stereocenters. The topological polar surface area (TPSA) is 110 Å². The van der Waals surface area contributed by atoms with Gasteiger partial charge in [0.1, 0.15) is 32.7 Å². The lowest BCUT2D eigenvalue weighted by atomic mass is 9.51. The highest BCUT2D eigenvalue weighted by molar-refractivity contribution is 14.2. The number of anilines is 1. The number of aliphatic hydroxyl groups is 1. The van der Waals surface area contributed by atoms with E-state index >= 15 is 0 Å². The van der Waals surface area contributed by atoms with E-state index < -0.39 is 27.2 Å². The highest BCUT2D eigenvalue weighted by Crippen LogP contribution is 2.58. The number of aryl methyl sites for hydroxylation is 1. The normalized spacial score (nSPS) is 25.0. The molecule has 1 aliphatic heterocycles. The number of nitrogens with zero attached hydrogens (tertiary/aromatic N) is 5. The Kier molecular flexibility index (Phi) is 10.1. The summed E-state index contributed by atoms with van der Waals surface area (Å²) >= 11 is -0.854. The molecule has 2 amide bonds. The first-order valence-corrected chi connectivity index (χ1v) is 20.5. The zero-order valence-corrected chi connectivity index (χ0v) is 32.8. The summed E-state index contributed by atoms with van der Waals surface area (Å²) in [4.78, 5) is 35.4. The van der Waals surface area contributed by atoms with Gasteiger partial charge in [-0.2, -0.15) is 5.10 Å². The molecule has 5 aliphatic rings. The number of carbonyl (C=O) groups is 2. The van der Waals surface area contributed by atoms with Gasteiger partial charge >= 0.3 is 6.09 Å². The van der Waals surface area contributed by atoms with E-state index in [9.17, 15) is 14.7 Å². The van der Waals surface area contributed by atoms with Crippen molar-refractivity contribution in [2.45, 2.75) is 109 Å². The number of halogens is 1. The Labute approximate surface area is 312 Å². The molecule has 51 heavy (non-hydrogen) atoms. The lowest BCUT2D eigenvalue weighted by Gasteiger charge is -2.55. The first kappa shape index (κ1) is 36.1. The van der Waals surface area contributed by atoms with Crippen LogP contribution in [0.2, 0.25) is 0 Å². The van der Waals surface area contributed by atoms with Gasteiger partial charge in [0.25, 0.3) is 0 Å². The monoisotopic (exact) mass is 809 g/mol. The molecule has 2 bridgehead atoms. The maximum Gasteiger partial charge on any atom is 0.418 e. The summed E-state index contributed by atoms with van der Waals surface area (Å²) in [5.41, 5.74) is 4.69. The Morgan fingerprint density at radius 1 is 1.02 bits per heavy atom. The van der Waals surface area contributed by atoms with E-state index in [1.807, 2.05) is 34.1 Å². The predicted octanol–water partition coefficient (Wildman–Crippen LogP) is 7.57. The van der Waals surface area contributed by atoms with Crippen LogP contribution < -0.4 is 9.64 Å². The van der Waals surface area contributed by atoms with Crippen molar-refractivity contribution in [1.29, 1.82) is 0 Å². The lowest BCUT2D eigenvalue weighted by molar-refractivity contribution is -0.123. The van der Waals surface area contributed by atoms with Crippen LogP contribution in [0, 0.1) is 18.3 Å². The number of hydrogen-bond acceptors (Lipinski definition) is 7. The van der Waals surface area contributed by atoms with Crippen LogP contribution in [0.25, 0.3) is 5.69 Å². The predicted molar refractivity (Wildman–Crippen MR) is 207 cm³/mol. The third kappa shape index (κ3) is 7.47. The molecular formula is C40H52IN5O5.